The molecule has 0 radical (unpaired) electrons. The van der Waals surface area contributed by atoms with Gasteiger partial charge in [0.2, 0.25) is 0 Å². The van der Waals surface area contributed by atoms with E-state index in [2.05, 4.69) is 30.4 Å². The molecule has 0 amide bonds. The van der Waals surface area contributed by atoms with Gasteiger partial charge in [0.25, 0.3) is 0 Å². The Labute approximate surface area is 126 Å². The Morgan fingerprint density at radius 1 is 1.25 bits per heavy atom. The molecule has 0 aliphatic rings. The lowest BCUT2D eigenvalue weighted by Crippen LogP contribution is -2.09. The van der Waals surface area contributed by atoms with Crippen LogP contribution >= 0.6 is 11.6 Å². The highest BCUT2D eigenvalue weighted by atomic mass is 35.5. The Morgan fingerprint density at radius 2 is 1.95 bits per heavy atom. The summed E-state index contributed by atoms with van der Waals surface area (Å²) in [6, 6.07) is 0. The van der Waals surface area contributed by atoms with Crippen LogP contribution in [0.1, 0.15) is 57.4 Å². The fourth-order valence-electron chi connectivity index (χ4n) is 2.58. The summed E-state index contributed by atoms with van der Waals surface area (Å²) in [5, 5.41) is 4.54. The van der Waals surface area contributed by atoms with Crippen molar-refractivity contribution in [3.05, 3.63) is 11.5 Å². The summed E-state index contributed by atoms with van der Waals surface area (Å²) in [5.74, 6) is 1.63. The van der Waals surface area contributed by atoms with Crippen molar-refractivity contribution in [1.29, 1.82) is 0 Å². The molecule has 2 rings (SSSR count). The largest absolute Gasteiger partial charge is 0.312 e. The van der Waals surface area contributed by atoms with Crippen LogP contribution in [0.15, 0.2) is 0 Å². The Balaban J connectivity index is 2.53. The van der Waals surface area contributed by atoms with E-state index >= 15 is 0 Å². The van der Waals surface area contributed by atoms with Crippen molar-refractivity contribution in [1.82, 2.24) is 19.3 Å². The molecule has 0 fully saturated rings. The minimum atomic E-state index is -0.0796. The van der Waals surface area contributed by atoms with E-state index in [0.29, 0.717) is 5.92 Å². The normalized spacial score (nSPS) is 13.6. The maximum absolute atomic E-state index is 6.32. The van der Waals surface area contributed by atoms with E-state index in [4.69, 9.17) is 16.6 Å². The minimum Gasteiger partial charge on any atom is -0.312 e. The van der Waals surface area contributed by atoms with Gasteiger partial charge >= 0.3 is 0 Å². The summed E-state index contributed by atoms with van der Waals surface area (Å²) in [4.78, 5) is 4.78. The molecule has 0 bridgehead atoms. The molecule has 0 saturated heterocycles. The number of imidazole rings is 1. The molecule has 5 heteroatoms. The summed E-state index contributed by atoms with van der Waals surface area (Å²) in [6.45, 7) is 9.59. The molecule has 0 N–H and O–H groups in total. The lowest BCUT2D eigenvalue weighted by molar-refractivity contribution is 0.506. The molecule has 0 aliphatic carbocycles. The number of halogens is 1. The average molecular weight is 297 g/mol. The molecule has 2 aromatic rings. The zero-order chi connectivity index (χ0) is 14.9. The molecule has 0 saturated carbocycles. The van der Waals surface area contributed by atoms with Crippen LogP contribution in [0.2, 0.25) is 0 Å². The fraction of sp³-hybridized carbons (Fsp3) is 0.733. The number of rotatable bonds is 6. The Morgan fingerprint density at radius 3 is 2.50 bits per heavy atom. The van der Waals surface area contributed by atoms with E-state index in [-0.39, 0.29) is 5.38 Å². The van der Waals surface area contributed by atoms with Crippen LogP contribution in [0.5, 0.6) is 0 Å². The first-order valence-electron chi connectivity index (χ1n) is 7.51. The van der Waals surface area contributed by atoms with Gasteiger partial charge in [-0.3, -0.25) is 4.68 Å². The molecular weight excluding hydrogens is 272 g/mol. The van der Waals surface area contributed by atoms with Gasteiger partial charge in [-0.1, -0.05) is 27.2 Å². The highest BCUT2D eigenvalue weighted by molar-refractivity contribution is 6.20. The maximum Gasteiger partial charge on any atom is 0.158 e. The van der Waals surface area contributed by atoms with Crippen molar-refractivity contribution in [3.63, 3.8) is 0 Å². The number of hydrogen-bond donors (Lipinski definition) is 0. The van der Waals surface area contributed by atoms with E-state index in [0.717, 1.165) is 48.5 Å². The number of nitrogens with zero attached hydrogens (tertiary/aromatic N) is 4. The predicted octanol–water partition coefficient (Wildman–Crippen LogP) is 4.07. The molecule has 4 nitrogen and oxygen atoms in total. The van der Waals surface area contributed by atoms with Gasteiger partial charge in [0.05, 0.1) is 11.1 Å². The van der Waals surface area contributed by atoms with Gasteiger partial charge in [0.1, 0.15) is 11.3 Å². The molecule has 20 heavy (non-hydrogen) atoms. The lowest BCUT2D eigenvalue weighted by atomic mass is 10.1. The summed E-state index contributed by atoms with van der Waals surface area (Å²) < 4.78 is 4.20. The summed E-state index contributed by atoms with van der Waals surface area (Å²) in [5.41, 5.74) is 3.23. The molecule has 0 aliphatic heterocycles. The van der Waals surface area contributed by atoms with Gasteiger partial charge in [-0.15, -0.1) is 11.6 Å². The van der Waals surface area contributed by atoms with Crippen LogP contribution in [0, 0.1) is 5.92 Å². The molecule has 0 aromatic carbocycles. The fourth-order valence-corrected chi connectivity index (χ4v) is 2.74. The van der Waals surface area contributed by atoms with Crippen LogP contribution < -0.4 is 0 Å². The van der Waals surface area contributed by atoms with Gasteiger partial charge < -0.3 is 4.57 Å². The number of hydrogen-bond acceptors (Lipinski definition) is 2. The lowest BCUT2D eigenvalue weighted by Gasteiger charge is -2.12. The van der Waals surface area contributed by atoms with Crippen molar-refractivity contribution in [2.45, 2.75) is 58.9 Å². The predicted molar refractivity (Wildman–Crippen MR) is 84.2 cm³/mol. The summed E-state index contributed by atoms with van der Waals surface area (Å²) >= 11 is 6.32. The van der Waals surface area contributed by atoms with Gasteiger partial charge in [0, 0.05) is 13.6 Å². The smallest absolute Gasteiger partial charge is 0.158 e. The van der Waals surface area contributed by atoms with Crippen LogP contribution in [-0.4, -0.2) is 19.3 Å². The van der Waals surface area contributed by atoms with Crippen LogP contribution in [0.25, 0.3) is 11.2 Å². The van der Waals surface area contributed by atoms with Crippen LogP contribution in [0.4, 0.5) is 0 Å². The molecule has 1 unspecified atom stereocenters. The van der Waals surface area contributed by atoms with Gasteiger partial charge in [-0.2, -0.15) is 5.10 Å². The molecule has 112 valence electrons. The van der Waals surface area contributed by atoms with Crippen molar-refractivity contribution in [2.24, 2.45) is 13.0 Å². The number of fused-ring (bicyclic) bond motifs is 1. The highest BCUT2D eigenvalue weighted by Gasteiger charge is 2.21. The average Bonchev–Trinajstić information content (AvgIpc) is 2.87. The van der Waals surface area contributed by atoms with Gasteiger partial charge in [-0.05, 0) is 25.7 Å². The summed E-state index contributed by atoms with van der Waals surface area (Å²) in [7, 11) is 2.00. The number of aryl methyl sites for hydroxylation is 3. The Bertz CT molecular complexity index is 580. The molecule has 0 spiro atoms. The monoisotopic (exact) mass is 296 g/mol. The highest BCUT2D eigenvalue weighted by Crippen LogP contribution is 2.27. The number of aromatic nitrogens is 4. The minimum absolute atomic E-state index is 0.0796. The topological polar surface area (TPSA) is 35.6 Å². The standard InChI is InChI=1S/C15H25ClN4/c1-6-7-12-13-15(19(5)18-12)20(9-8-10(2)3)14(17-13)11(4)16/h10-11H,6-9H2,1-5H3. The quantitative estimate of drug-likeness (QED) is 0.753. The second-order valence-corrected chi connectivity index (χ2v) is 6.57. The zero-order valence-electron chi connectivity index (χ0n) is 13.1. The van der Waals surface area contributed by atoms with E-state index in [9.17, 15) is 0 Å². The first-order valence-corrected chi connectivity index (χ1v) is 7.95. The molecule has 1 atom stereocenters. The third kappa shape index (κ3) is 2.85. The van der Waals surface area contributed by atoms with E-state index in [1.165, 1.54) is 0 Å². The zero-order valence-corrected chi connectivity index (χ0v) is 13.9. The van der Waals surface area contributed by atoms with E-state index in [1.807, 2.05) is 18.7 Å². The Hall–Kier alpha value is -1.03. The molecule has 2 aromatic heterocycles. The first kappa shape index (κ1) is 15.4. The van der Waals surface area contributed by atoms with E-state index < -0.39 is 0 Å². The second-order valence-electron chi connectivity index (χ2n) is 5.91. The SMILES string of the molecule is CCCc1nn(C)c2c1nc(C(C)Cl)n2CCC(C)C. The van der Waals surface area contributed by atoms with Gasteiger partial charge in [0.15, 0.2) is 5.65 Å². The van der Waals surface area contributed by atoms with Gasteiger partial charge in [-0.25, -0.2) is 4.98 Å². The molecular formula is C15H25ClN4. The third-order valence-corrected chi connectivity index (χ3v) is 3.79. The second kappa shape index (κ2) is 6.17. The first-order chi connectivity index (χ1) is 9.45. The Kier molecular flexibility index (Phi) is 4.74. The van der Waals surface area contributed by atoms with Crippen LogP contribution in [0.3, 0.4) is 0 Å². The van der Waals surface area contributed by atoms with Crippen LogP contribution in [-0.2, 0) is 20.0 Å². The molecule has 2 heterocycles. The van der Waals surface area contributed by atoms with Crippen molar-refractivity contribution < 1.29 is 0 Å². The third-order valence-electron chi connectivity index (χ3n) is 3.59. The van der Waals surface area contributed by atoms with Crippen molar-refractivity contribution >= 4 is 22.8 Å². The summed E-state index contributed by atoms with van der Waals surface area (Å²) in [6.07, 6.45) is 3.17. The van der Waals surface area contributed by atoms with Crippen molar-refractivity contribution in [2.75, 3.05) is 0 Å². The number of alkyl halides is 1. The van der Waals surface area contributed by atoms with E-state index in [1.54, 1.807) is 0 Å². The maximum atomic E-state index is 6.32. The van der Waals surface area contributed by atoms with Crippen molar-refractivity contribution in [3.8, 4) is 0 Å².